The lowest BCUT2D eigenvalue weighted by Crippen LogP contribution is -2.24. The Morgan fingerprint density at radius 3 is 2.23 bits per heavy atom. The molecular formula is C25H21FN2OS. The molecule has 4 aromatic rings. The Bertz CT molecular complexity index is 1130. The van der Waals surface area contributed by atoms with E-state index in [0.29, 0.717) is 6.54 Å². The van der Waals surface area contributed by atoms with Gasteiger partial charge in [0.1, 0.15) is 10.8 Å². The highest BCUT2D eigenvalue weighted by Gasteiger charge is 2.08. The predicted octanol–water partition coefficient (Wildman–Crippen LogP) is 5.78. The van der Waals surface area contributed by atoms with Crippen LogP contribution >= 0.6 is 11.3 Å². The smallest absolute Gasteiger partial charge is 0.224 e. The molecule has 0 saturated carbocycles. The van der Waals surface area contributed by atoms with Crippen LogP contribution in [0.5, 0.6) is 0 Å². The summed E-state index contributed by atoms with van der Waals surface area (Å²) >= 11 is 1.62. The van der Waals surface area contributed by atoms with Crippen molar-refractivity contribution in [2.45, 2.75) is 19.9 Å². The van der Waals surface area contributed by atoms with Gasteiger partial charge in [0.05, 0.1) is 12.1 Å². The van der Waals surface area contributed by atoms with Gasteiger partial charge in [0, 0.05) is 23.1 Å². The lowest BCUT2D eigenvalue weighted by Gasteiger charge is -2.06. The van der Waals surface area contributed by atoms with Crippen LogP contribution in [0.15, 0.2) is 78.2 Å². The molecule has 0 fully saturated rings. The minimum Gasteiger partial charge on any atom is -0.352 e. The zero-order chi connectivity index (χ0) is 20.9. The second-order valence-corrected chi connectivity index (χ2v) is 8.04. The van der Waals surface area contributed by atoms with Crippen LogP contribution in [0.3, 0.4) is 0 Å². The summed E-state index contributed by atoms with van der Waals surface area (Å²) in [6, 6.07) is 22.4. The number of nitrogens with zero attached hydrogens (tertiary/aromatic N) is 1. The molecule has 0 radical (unpaired) electrons. The quantitative estimate of drug-likeness (QED) is 0.433. The largest absolute Gasteiger partial charge is 0.352 e. The number of benzene rings is 3. The van der Waals surface area contributed by atoms with Crippen molar-refractivity contribution in [3.8, 4) is 21.8 Å². The number of aryl methyl sites for hydroxylation is 1. The van der Waals surface area contributed by atoms with Gasteiger partial charge in [-0.2, -0.15) is 0 Å². The number of hydrogen-bond donors (Lipinski definition) is 1. The lowest BCUT2D eigenvalue weighted by molar-refractivity contribution is -0.120. The van der Waals surface area contributed by atoms with Crippen LogP contribution in [-0.4, -0.2) is 10.9 Å². The third-order valence-corrected chi connectivity index (χ3v) is 5.71. The van der Waals surface area contributed by atoms with Crippen molar-refractivity contribution < 1.29 is 9.18 Å². The van der Waals surface area contributed by atoms with Gasteiger partial charge in [0.15, 0.2) is 0 Å². The first-order chi connectivity index (χ1) is 14.6. The number of nitrogens with one attached hydrogen (secondary N) is 1. The van der Waals surface area contributed by atoms with Gasteiger partial charge >= 0.3 is 0 Å². The van der Waals surface area contributed by atoms with Gasteiger partial charge in [-0.3, -0.25) is 4.79 Å². The van der Waals surface area contributed by atoms with Crippen molar-refractivity contribution >= 4 is 17.2 Å². The lowest BCUT2D eigenvalue weighted by atomic mass is 10.1. The zero-order valence-corrected chi connectivity index (χ0v) is 17.4. The van der Waals surface area contributed by atoms with Gasteiger partial charge < -0.3 is 5.32 Å². The van der Waals surface area contributed by atoms with Gasteiger partial charge in [-0.1, -0.05) is 66.2 Å². The number of thiazole rings is 1. The van der Waals surface area contributed by atoms with Crippen LogP contribution < -0.4 is 5.32 Å². The first-order valence-corrected chi connectivity index (χ1v) is 10.6. The molecule has 1 N–H and O–H groups in total. The van der Waals surface area contributed by atoms with E-state index in [9.17, 15) is 9.18 Å². The summed E-state index contributed by atoms with van der Waals surface area (Å²) in [5.74, 6) is -0.390. The van der Waals surface area contributed by atoms with Crippen LogP contribution in [0.25, 0.3) is 21.8 Å². The van der Waals surface area contributed by atoms with E-state index in [-0.39, 0.29) is 18.1 Å². The topological polar surface area (TPSA) is 42.0 Å². The summed E-state index contributed by atoms with van der Waals surface area (Å²) in [7, 11) is 0. The maximum absolute atomic E-state index is 12.9. The van der Waals surface area contributed by atoms with Crippen molar-refractivity contribution in [1.82, 2.24) is 10.3 Å². The van der Waals surface area contributed by atoms with Crippen molar-refractivity contribution in [3.05, 3.63) is 101 Å². The third kappa shape index (κ3) is 4.99. The van der Waals surface area contributed by atoms with Gasteiger partial charge in [-0.05, 0) is 30.2 Å². The van der Waals surface area contributed by atoms with E-state index >= 15 is 0 Å². The Kier molecular flexibility index (Phi) is 6.00. The molecule has 1 amide bonds. The standard InChI is InChI=1S/C25H21FN2OS/c1-17-2-8-20(9-3-17)23-16-30-25(28-23)21-10-4-19(5-11-21)15-27-24(29)14-18-6-12-22(26)13-7-18/h2-13,16H,14-15H2,1H3,(H,27,29). The van der Waals surface area contributed by atoms with Crippen LogP contribution in [0.4, 0.5) is 4.39 Å². The second-order valence-electron chi connectivity index (χ2n) is 7.18. The molecule has 1 aromatic heterocycles. The van der Waals surface area contributed by atoms with Crippen LogP contribution in [0.1, 0.15) is 16.7 Å². The average Bonchev–Trinajstić information content (AvgIpc) is 3.25. The maximum Gasteiger partial charge on any atom is 0.224 e. The summed E-state index contributed by atoms with van der Waals surface area (Å²) in [6.07, 6.45) is 0.235. The predicted molar refractivity (Wildman–Crippen MR) is 120 cm³/mol. The van der Waals surface area contributed by atoms with Crippen molar-refractivity contribution in [1.29, 1.82) is 0 Å². The molecule has 0 spiro atoms. The fourth-order valence-electron chi connectivity index (χ4n) is 3.08. The SMILES string of the molecule is Cc1ccc(-c2csc(-c3ccc(CNC(=O)Cc4ccc(F)cc4)cc3)n2)cc1. The van der Waals surface area contributed by atoms with E-state index in [1.807, 2.05) is 24.3 Å². The van der Waals surface area contributed by atoms with Gasteiger partial charge in [0.25, 0.3) is 0 Å². The maximum atomic E-state index is 12.9. The number of amides is 1. The van der Waals surface area contributed by atoms with Gasteiger partial charge in [-0.25, -0.2) is 9.37 Å². The minimum atomic E-state index is -0.300. The van der Waals surface area contributed by atoms with Crippen molar-refractivity contribution in [2.24, 2.45) is 0 Å². The first-order valence-electron chi connectivity index (χ1n) is 9.70. The molecular weight excluding hydrogens is 395 g/mol. The Morgan fingerprint density at radius 1 is 0.900 bits per heavy atom. The summed E-state index contributed by atoms with van der Waals surface area (Å²) in [5, 5.41) is 5.95. The molecule has 0 aliphatic heterocycles. The van der Waals surface area contributed by atoms with Crippen LogP contribution in [0.2, 0.25) is 0 Å². The fourth-order valence-corrected chi connectivity index (χ4v) is 3.91. The van der Waals surface area contributed by atoms with Crippen molar-refractivity contribution in [2.75, 3.05) is 0 Å². The number of rotatable bonds is 6. The highest BCUT2D eigenvalue weighted by molar-refractivity contribution is 7.13. The van der Waals surface area contributed by atoms with Crippen LogP contribution in [0, 0.1) is 12.7 Å². The Balaban J connectivity index is 1.35. The molecule has 0 saturated heterocycles. The molecule has 3 aromatic carbocycles. The van der Waals surface area contributed by atoms with E-state index in [4.69, 9.17) is 4.98 Å². The molecule has 1 heterocycles. The Morgan fingerprint density at radius 2 is 1.53 bits per heavy atom. The van der Waals surface area contributed by atoms with Crippen LogP contribution in [-0.2, 0) is 17.8 Å². The summed E-state index contributed by atoms with van der Waals surface area (Å²) in [4.78, 5) is 16.9. The number of halogens is 1. The zero-order valence-electron chi connectivity index (χ0n) is 16.6. The van der Waals surface area contributed by atoms with E-state index in [1.54, 1.807) is 23.5 Å². The fraction of sp³-hybridized carbons (Fsp3) is 0.120. The number of carbonyl (C=O) groups is 1. The summed E-state index contributed by atoms with van der Waals surface area (Å²) < 4.78 is 12.9. The van der Waals surface area contributed by atoms with Crippen molar-refractivity contribution in [3.63, 3.8) is 0 Å². The normalized spacial score (nSPS) is 10.7. The molecule has 0 unspecified atom stereocenters. The number of aromatic nitrogens is 1. The average molecular weight is 417 g/mol. The molecule has 150 valence electrons. The van der Waals surface area contributed by atoms with E-state index < -0.39 is 0 Å². The Labute approximate surface area is 179 Å². The van der Waals surface area contributed by atoms with Gasteiger partial charge in [0.2, 0.25) is 5.91 Å². The number of carbonyl (C=O) groups excluding carboxylic acids is 1. The first kappa shape index (κ1) is 20.0. The molecule has 0 aliphatic rings. The van der Waals surface area contributed by atoms with E-state index in [0.717, 1.165) is 33.0 Å². The van der Waals surface area contributed by atoms with E-state index in [1.165, 1.54) is 17.7 Å². The molecule has 0 atom stereocenters. The number of hydrogen-bond acceptors (Lipinski definition) is 3. The molecule has 0 bridgehead atoms. The Hall–Kier alpha value is -3.31. The molecule has 3 nitrogen and oxygen atoms in total. The molecule has 0 aliphatic carbocycles. The monoisotopic (exact) mass is 416 g/mol. The molecule has 5 heteroatoms. The molecule has 4 rings (SSSR count). The highest BCUT2D eigenvalue weighted by Crippen LogP contribution is 2.29. The second kappa shape index (κ2) is 9.01. The highest BCUT2D eigenvalue weighted by atomic mass is 32.1. The molecule has 30 heavy (non-hydrogen) atoms. The third-order valence-electron chi connectivity index (χ3n) is 4.82. The van der Waals surface area contributed by atoms with Gasteiger partial charge in [-0.15, -0.1) is 11.3 Å². The summed E-state index contributed by atoms with van der Waals surface area (Å²) in [6.45, 7) is 2.52. The summed E-state index contributed by atoms with van der Waals surface area (Å²) in [5.41, 5.74) is 6.18. The van der Waals surface area contributed by atoms with E-state index in [2.05, 4.69) is 41.9 Å². The minimum absolute atomic E-state index is 0.0895.